The van der Waals surface area contributed by atoms with Crippen LogP contribution in [0.2, 0.25) is 0 Å². The molecule has 0 aromatic heterocycles. The van der Waals surface area contributed by atoms with Crippen LogP contribution in [0, 0.1) is 13.8 Å². The summed E-state index contributed by atoms with van der Waals surface area (Å²) in [6.07, 6.45) is 4.69. The number of fused-ring (bicyclic) bond motifs is 1. The zero-order valence-electron chi connectivity index (χ0n) is 15.7. The SMILES string of the molecule is Cc1ccc(NC(=O)C(=O)NC(C)c2ccc3c(c2)CCCC3)cc1C. The van der Waals surface area contributed by atoms with Gasteiger partial charge in [-0.3, -0.25) is 9.59 Å². The fourth-order valence-corrected chi connectivity index (χ4v) is 3.38. The quantitative estimate of drug-likeness (QED) is 0.822. The van der Waals surface area contributed by atoms with E-state index in [0.717, 1.165) is 29.5 Å². The number of anilines is 1. The Hall–Kier alpha value is -2.62. The maximum absolute atomic E-state index is 12.2. The Bertz CT molecular complexity index is 842. The van der Waals surface area contributed by atoms with Gasteiger partial charge in [-0.25, -0.2) is 0 Å². The maximum atomic E-state index is 12.2. The number of benzene rings is 2. The van der Waals surface area contributed by atoms with Gasteiger partial charge in [-0.05, 0) is 86.4 Å². The van der Waals surface area contributed by atoms with Crippen molar-refractivity contribution in [3.8, 4) is 0 Å². The number of carbonyl (C=O) groups excluding carboxylic acids is 2. The number of rotatable bonds is 3. The first-order chi connectivity index (χ1) is 12.4. The van der Waals surface area contributed by atoms with E-state index in [0.29, 0.717) is 5.69 Å². The van der Waals surface area contributed by atoms with Crippen molar-refractivity contribution < 1.29 is 9.59 Å². The minimum Gasteiger partial charge on any atom is -0.341 e. The zero-order chi connectivity index (χ0) is 18.7. The van der Waals surface area contributed by atoms with E-state index in [1.807, 2.05) is 32.9 Å². The molecule has 0 heterocycles. The molecule has 4 heteroatoms. The monoisotopic (exact) mass is 350 g/mol. The Morgan fingerprint density at radius 2 is 1.62 bits per heavy atom. The molecular weight excluding hydrogens is 324 g/mol. The van der Waals surface area contributed by atoms with Crippen molar-refractivity contribution in [2.75, 3.05) is 5.32 Å². The molecule has 2 amide bonds. The minimum atomic E-state index is -0.641. The Kier molecular flexibility index (Phi) is 5.40. The van der Waals surface area contributed by atoms with Crippen molar-refractivity contribution in [1.82, 2.24) is 5.32 Å². The molecule has 2 N–H and O–H groups in total. The van der Waals surface area contributed by atoms with E-state index >= 15 is 0 Å². The second-order valence-corrected chi connectivity index (χ2v) is 7.18. The van der Waals surface area contributed by atoms with E-state index in [1.54, 1.807) is 6.07 Å². The standard InChI is InChI=1S/C22H26N2O2/c1-14-8-11-20(12-15(14)2)24-22(26)21(25)23-16(3)18-10-9-17-6-4-5-7-19(17)13-18/h8-13,16H,4-7H2,1-3H3,(H,23,25)(H,24,26). The predicted octanol–water partition coefficient (Wildman–Crippen LogP) is 4.00. The largest absolute Gasteiger partial charge is 0.341 e. The lowest BCUT2D eigenvalue weighted by Gasteiger charge is -2.20. The van der Waals surface area contributed by atoms with Gasteiger partial charge >= 0.3 is 11.8 Å². The van der Waals surface area contributed by atoms with Crippen molar-refractivity contribution >= 4 is 17.5 Å². The maximum Gasteiger partial charge on any atom is 0.313 e. The highest BCUT2D eigenvalue weighted by Gasteiger charge is 2.18. The van der Waals surface area contributed by atoms with Crippen molar-refractivity contribution in [2.24, 2.45) is 0 Å². The summed E-state index contributed by atoms with van der Waals surface area (Å²) in [5, 5.41) is 5.46. The molecule has 1 atom stereocenters. The van der Waals surface area contributed by atoms with Crippen LogP contribution in [0.1, 0.15) is 53.6 Å². The molecule has 26 heavy (non-hydrogen) atoms. The van der Waals surface area contributed by atoms with E-state index in [-0.39, 0.29) is 6.04 Å². The van der Waals surface area contributed by atoms with E-state index in [9.17, 15) is 9.59 Å². The topological polar surface area (TPSA) is 58.2 Å². The lowest BCUT2D eigenvalue weighted by atomic mass is 9.89. The van der Waals surface area contributed by atoms with Gasteiger partial charge in [-0.15, -0.1) is 0 Å². The van der Waals surface area contributed by atoms with Crippen LogP contribution >= 0.6 is 0 Å². The van der Waals surface area contributed by atoms with Crippen LogP contribution in [0.4, 0.5) is 5.69 Å². The number of carbonyl (C=O) groups is 2. The normalized spacial score (nSPS) is 14.3. The third kappa shape index (κ3) is 4.13. The summed E-state index contributed by atoms with van der Waals surface area (Å²) in [7, 11) is 0. The van der Waals surface area contributed by atoms with Crippen LogP contribution in [0.15, 0.2) is 36.4 Å². The summed E-state index contributed by atoms with van der Waals surface area (Å²) in [5.41, 5.74) is 6.67. The molecule has 0 radical (unpaired) electrons. The fraction of sp³-hybridized carbons (Fsp3) is 0.364. The van der Waals surface area contributed by atoms with Gasteiger partial charge in [0.15, 0.2) is 0 Å². The Labute approximate surface area is 155 Å². The summed E-state index contributed by atoms with van der Waals surface area (Å²) in [5.74, 6) is -1.26. The third-order valence-corrected chi connectivity index (χ3v) is 5.19. The molecule has 2 aromatic rings. The first-order valence-electron chi connectivity index (χ1n) is 9.25. The first-order valence-corrected chi connectivity index (χ1v) is 9.25. The molecular formula is C22H26N2O2. The smallest absolute Gasteiger partial charge is 0.313 e. The van der Waals surface area contributed by atoms with Gasteiger partial charge in [0.25, 0.3) is 0 Å². The second kappa shape index (κ2) is 7.73. The molecule has 0 aliphatic heterocycles. The summed E-state index contributed by atoms with van der Waals surface area (Å²) in [4.78, 5) is 24.4. The van der Waals surface area contributed by atoms with Gasteiger partial charge in [0, 0.05) is 5.69 Å². The fourth-order valence-electron chi connectivity index (χ4n) is 3.38. The number of amides is 2. The van der Waals surface area contributed by atoms with Crippen LogP contribution in [0.25, 0.3) is 0 Å². The molecule has 2 aromatic carbocycles. The molecule has 1 unspecified atom stereocenters. The molecule has 3 rings (SSSR count). The van der Waals surface area contributed by atoms with Crippen molar-refractivity contribution in [3.63, 3.8) is 0 Å². The highest BCUT2D eigenvalue weighted by Crippen LogP contribution is 2.24. The summed E-state index contributed by atoms with van der Waals surface area (Å²) in [6.45, 7) is 5.89. The number of hydrogen-bond acceptors (Lipinski definition) is 2. The molecule has 0 bridgehead atoms. The van der Waals surface area contributed by atoms with Gasteiger partial charge < -0.3 is 10.6 Å². The third-order valence-electron chi connectivity index (χ3n) is 5.19. The van der Waals surface area contributed by atoms with Crippen LogP contribution in [0.5, 0.6) is 0 Å². The highest BCUT2D eigenvalue weighted by molar-refractivity contribution is 6.39. The van der Waals surface area contributed by atoms with Gasteiger partial charge in [0.2, 0.25) is 0 Å². The average Bonchev–Trinajstić information content (AvgIpc) is 2.64. The summed E-state index contributed by atoms with van der Waals surface area (Å²) >= 11 is 0. The molecule has 1 aliphatic rings. The van der Waals surface area contributed by atoms with Crippen LogP contribution in [-0.4, -0.2) is 11.8 Å². The van der Waals surface area contributed by atoms with Crippen LogP contribution in [0.3, 0.4) is 0 Å². The van der Waals surface area contributed by atoms with Crippen LogP contribution < -0.4 is 10.6 Å². The molecule has 0 saturated heterocycles. The van der Waals surface area contributed by atoms with Gasteiger partial charge in [-0.1, -0.05) is 24.3 Å². The van der Waals surface area contributed by atoms with Gasteiger partial charge in [0.05, 0.1) is 6.04 Å². The Morgan fingerprint density at radius 3 is 2.35 bits per heavy atom. The van der Waals surface area contributed by atoms with Crippen molar-refractivity contribution in [2.45, 2.75) is 52.5 Å². The molecule has 0 fully saturated rings. The highest BCUT2D eigenvalue weighted by atomic mass is 16.2. The second-order valence-electron chi connectivity index (χ2n) is 7.18. The van der Waals surface area contributed by atoms with E-state index in [2.05, 4.69) is 28.8 Å². The number of aryl methyl sites for hydroxylation is 4. The molecule has 0 spiro atoms. The summed E-state index contributed by atoms with van der Waals surface area (Å²) in [6, 6.07) is 11.8. The lowest BCUT2D eigenvalue weighted by molar-refractivity contribution is -0.136. The molecule has 4 nitrogen and oxygen atoms in total. The average molecular weight is 350 g/mol. The van der Waals surface area contributed by atoms with E-state index in [1.165, 1.54) is 24.0 Å². The first kappa shape index (κ1) is 18.2. The molecule has 0 saturated carbocycles. The van der Waals surface area contributed by atoms with Gasteiger partial charge in [-0.2, -0.15) is 0 Å². The lowest BCUT2D eigenvalue weighted by Crippen LogP contribution is -2.37. The Morgan fingerprint density at radius 1 is 0.885 bits per heavy atom. The number of hydrogen-bond donors (Lipinski definition) is 2. The van der Waals surface area contributed by atoms with E-state index in [4.69, 9.17) is 0 Å². The van der Waals surface area contributed by atoms with E-state index < -0.39 is 11.8 Å². The molecule has 136 valence electrons. The minimum absolute atomic E-state index is 0.208. The Balaban J connectivity index is 1.63. The van der Waals surface area contributed by atoms with Gasteiger partial charge in [0.1, 0.15) is 0 Å². The number of nitrogens with one attached hydrogen (secondary N) is 2. The zero-order valence-corrected chi connectivity index (χ0v) is 15.7. The predicted molar refractivity (Wildman–Crippen MR) is 104 cm³/mol. The summed E-state index contributed by atoms with van der Waals surface area (Å²) < 4.78 is 0. The van der Waals surface area contributed by atoms with Crippen molar-refractivity contribution in [3.05, 3.63) is 64.2 Å². The van der Waals surface area contributed by atoms with Crippen molar-refractivity contribution in [1.29, 1.82) is 0 Å². The van der Waals surface area contributed by atoms with Crippen LogP contribution in [-0.2, 0) is 22.4 Å². The molecule has 1 aliphatic carbocycles.